The first-order valence-electron chi connectivity index (χ1n) is 9.76. The van der Waals surface area contributed by atoms with Crippen LogP contribution in [0.5, 0.6) is 0 Å². The molecule has 148 valence electrons. The van der Waals surface area contributed by atoms with Crippen LogP contribution in [0.2, 0.25) is 0 Å². The first kappa shape index (κ1) is 18.3. The number of aliphatic hydroxyl groups is 1. The van der Waals surface area contributed by atoms with Crippen LogP contribution in [0.1, 0.15) is 30.0 Å². The zero-order chi connectivity index (χ0) is 20.1. The smallest absolute Gasteiger partial charge is 0.166 e. The van der Waals surface area contributed by atoms with Crippen molar-refractivity contribution >= 4 is 17.0 Å². The third-order valence-corrected chi connectivity index (χ3v) is 7.12. The van der Waals surface area contributed by atoms with Gasteiger partial charge < -0.3 is 16.2 Å². The van der Waals surface area contributed by atoms with Gasteiger partial charge in [0.25, 0.3) is 0 Å². The molecule has 29 heavy (non-hydrogen) atoms. The van der Waals surface area contributed by atoms with E-state index in [4.69, 9.17) is 5.73 Å². The predicted molar refractivity (Wildman–Crippen MR) is 110 cm³/mol. The Hall–Kier alpha value is -2.73. The molecule has 2 aromatic heterocycles. The minimum absolute atomic E-state index is 0.232. The lowest BCUT2D eigenvalue weighted by atomic mass is 9.95. The number of allylic oxidation sites excluding steroid dienone is 1. The van der Waals surface area contributed by atoms with Gasteiger partial charge in [-0.1, -0.05) is 6.07 Å². The number of thiazole rings is 1. The first-order chi connectivity index (χ1) is 14.1. The lowest BCUT2D eigenvalue weighted by Gasteiger charge is -2.43. The minimum Gasteiger partial charge on any atom is -0.398 e. The van der Waals surface area contributed by atoms with Gasteiger partial charge >= 0.3 is 0 Å². The minimum atomic E-state index is -0.772. The summed E-state index contributed by atoms with van der Waals surface area (Å²) in [6.07, 6.45) is 8.05. The molecule has 2 aliphatic heterocycles. The molecule has 1 aliphatic carbocycles. The Labute approximate surface area is 173 Å². The maximum Gasteiger partial charge on any atom is 0.166 e. The van der Waals surface area contributed by atoms with Crippen molar-refractivity contribution in [2.75, 3.05) is 13.1 Å². The van der Waals surface area contributed by atoms with Gasteiger partial charge in [0, 0.05) is 36.8 Å². The number of rotatable bonds is 4. The molecule has 3 aliphatic rings. The molecule has 0 spiro atoms. The van der Waals surface area contributed by atoms with Gasteiger partial charge in [-0.15, -0.1) is 11.3 Å². The van der Waals surface area contributed by atoms with Crippen LogP contribution in [-0.2, 0) is 5.66 Å². The molecule has 0 aromatic carbocycles. The molecule has 2 fully saturated rings. The average Bonchev–Trinajstić information content (AvgIpc) is 3.18. The SMILES string of the molecule is N#CC1=C(c2ccccn2)NC(c2nccs2)(N2CCC(C3(O)CC3)C2)C=C1N. The van der Waals surface area contributed by atoms with Crippen molar-refractivity contribution in [2.24, 2.45) is 11.7 Å². The monoisotopic (exact) mass is 406 g/mol. The molecular weight excluding hydrogens is 384 g/mol. The van der Waals surface area contributed by atoms with Crippen molar-refractivity contribution in [1.82, 2.24) is 20.2 Å². The van der Waals surface area contributed by atoms with Gasteiger partial charge in [0.1, 0.15) is 16.6 Å². The molecular formula is C21H22N6OS. The normalized spacial score (nSPS) is 28.6. The fourth-order valence-corrected chi connectivity index (χ4v) is 5.23. The molecule has 1 saturated heterocycles. The average molecular weight is 407 g/mol. The summed E-state index contributed by atoms with van der Waals surface area (Å²) in [5, 5.41) is 26.8. The Morgan fingerprint density at radius 3 is 2.83 bits per heavy atom. The molecule has 2 unspecified atom stereocenters. The highest BCUT2D eigenvalue weighted by atomic mass is 32.1. The van der Waals surface area contributed by atoms with Crippen LogP contribution in [0, 0.1) is 17.2 Å². The first-order valence-corrected chi connectivity index (χ1v) is 10.6. The number of hydrogen-bond donors (Lipinski definition) is 3. The quantitative estimate of drug-likeness (QED) is 0.711. The highest BCUT2D eigenvalue weighted by Crippen LogP contribution is 2.48. The van der Waals surface area contributed by atoms with E-state index in [0.717, 1.165) is 37.4 Å². The van der Waals surface area contributed by atoms with E-state index in [0.29, 0.717) is 22.7 Å². The summed E-state index contributed by atoms with van der Waals surface area (Å²) in [6.45, 7) is 1.55. The van der Waals surface area contributed by atoms with Crippen LogP contribution < -0.4 is 11.1 Å². The third-order valence-electron chi connectivity index (χ3n) is 6.22. The van der Waals surface area contributed by atoms with Gasteiger partial charge in [-0.2, -0.15) is 5.26 Å². The molecule has 4 heterocycles. The second-order valence-electron chi connectivity index (χ2n) is 7.94. The van der Waals surface area contributed by atoms with Crippen LogP contribution in [0.25, 0.3) is 5.70 Å². The topological polar surface area (TPSA) is 111 Å². The fraction of sp³-hybridized carbons (Fsp3) is 0.381. The summed E-state index contributed by atoms with van der Waals surface area (Å²) >= 11 is 1.54. The Kier molecular flexibility index (Phi) is 4.21. The van der Waals surface area contributed by atoms with Gasteiger partial charge in [0.15, 0.2) is 5.66 Å². The molecule has 5 rings (SSSR count). The van der Waals surface area contributed by atoms with Gasteiger partial charge in [-0.25, -0.2) is 4.98 Å². The molecule has 4 N–H and O–H groups in total. The van der Waals surface area contributed by atoms with Gasteiger partial charge in [0.2, 0.25) is 0 Å². The van der Waals surface area contributed by atoms with E-state index in [1.165, 1.54) is 0 Å². The summed E-state index contributed by atoms with van der Waals surface area (Å²) in [5.74, 6) is 0.232. The summed E-state index contributed by atoms with van der Waals surface area (Å²) in [5.41, 5.74) is 7.18. The zero-order valence-electron chi connectivity index (χ0n) is 15.9. The maximum absolute atomic E-state index is 10.7. The lowest BCUT2D eigenvalue weighted by Crippen LogP contribution is -2.56. The largest absolute Gasteiger partial charge is 0.398 e. The Morgan fingerprint density at radius 1 is 1.31 bits per heavy atom. The Bertz CT molecular complexity index is 1020. The molecule has 2 aromatic rings. The predicted octanol–water partition coefficient (Wildman–Crippen LogP) is 1.92. The van der Waals surface area contributed by atoms with Crippen molar-refractivity contribution in [3.63, 3.8) is 0 Å². The van der Waals surface area contributed by atoms with Crippen molar-refractivity contribution in [3.05, 3.63) is 64.0 Å². The van der Waals surface area contributed by atoms with Crippen molar-refractivity contribution in [3.8, 4) is 6.07 Å². The second kappa shape index (κ2) is 6.66. The number of likely N-dealkylation sites (tertiary alicyclic amines) is 1. The third kappa shape index (κ3) is 2.94. The summed E-state index contributed by atoms with van der Waals surface area (Å²) in [4.78, 5) is 11.3. The summed E-state index contributed by atoms with van der Waals surface area (Å²) in [6, 6.07) is 7.82. The van der Waals surface area contributed by atoms with Crippen molar-refractivity contribution in [1.29, 1.82) is 5.26 Å². The van der Waals surface area contributed by atoms with Crippen LogP contribution in [-0.4, -0.2) is 38.7 Å². The highest BCUT2D eigenvalue weighted by molar-refractivity contribution is 7.09. The van der Waals surface area contributed by atoms with E-state index in [2.05, 4.69) is 26.3 Å². The number of hydrogen-bond acceptors (Lipinski definition) is 8. The lowest BCUT2D eigenvalue weighted by molar-refractivity contribution is 0.0696. The fourth-order valence-electron chi connectivity index (χ4n) is 4.44. The molecule has 2 atom stereocenters. The van der Waals surface area contributed by atoms with Gasteiger partial charge in [-0.3, -0.25) is 9.88 Å². The van der Waals surface area contributed by atoms with E-state index >= 15 is 0 Å². The number of pyridine rings is 1. The molecule has 0 amide bonds. The molecule has 0 bridgehead atoms. The molecule has 8 heteroatoms. The van der Waals surface area contributed by atoms with Crippen LogP contribution in [0.15, 0.2) is 53.3 Å². The number of aromatic nitrogens is 2. The van der Waals surface area contributed by atoms with E-state index in [1.807, 2.05) is 29.7 Å². The summed E-state index contributed by atoms with van der Waals surface area (Å²) in [7, 11) is 0. The molecule has 1 saturated carbocycles. The Morgan fingerprint density at radius 2 is 2.17 bits per heavy atom. The van der Waals surface area contributed by atoms with Crippen molar-refractivity contribution in [2.45, 2.75) is 30.5 Å². The second-order valence-corrected chi connectivity index (χ2v) is 8.83. The van der Waals surface area contributed by atoms with Crippen LogP contribution >= 0.6 is 11.3 Å². The van der Waals surface area contributed by atoms with E-state index < -0.39 is 11.3 Å². The molecule has 7 nitrogen and oxygen atoms in total. The number of nitriles is 1. The highest BCUT2D eigenvalue weighted by Gasteiger charge is 2.54. The number of nitrogens with zero attached hydrogens (tertiary/aromatic N) is 4. The van der Waals surface area contributed by atoms with E-state index in [9.17, 15) is 10.4 Å². The van der Waals surface area contributed by atoms with Crippen molar-refractivity contribution < 1.29 is 5.11 Å². The standard InChI is InChI=1S/C21H22N6OS/c22-12-15-16(23)11-21(19-25-8-10-29-19,26-18(15)17-3-1-2-7-24-17)27-9-4-14(13-27)20(28)5-6-20/h1-3,7-8,10-11,14,26,28H,4-6,9,13,23H2. The number of nitrogens with one attached hydrogen (secondary N) is 1. The maximum atomic E-state index is 10.7. The van der Waals surface area contributed by atoms with Gasteiger partial charge in [0.05, 0.1) is 22.7 Å². The molecule has 0 radical (unpaired) electrons. The van der Waals surface area contributed by atoms with E-state index in [1.54, 1.807) is 23.7 Å². The number of dihydropyridines is 1. The van der Waals surface area contributed by atoms with E-state index in [-0.39, 0.29) is 5.92 Å². The van der Waals surface area contributed by atoms with Crippen LogP contribution in [0.3, 0.4) is 0 Å². The van der Waals surface area contributed by atoms with Crippen LogP contribution in [0.4, 0.5) is 0 Å². The summed E-state index contributed by atoms with van der Waals surface area (Å²) < 4.78 is 0. The zero-order valence-corrected chi connectivity index (χ0v) is 16.7. The Balaban J connectivity index is 1.60. The van der Waals surface area contributed by atoms with Gasteiger partial charge in [-0.05, 0) is 37.5 Å². The number of nitrogens with two attached hydrogens (primary N) is 1.